The average Bonchev–Trinajstić information content (AvgIpc) is 2.05. The summed E-state index contributed by atoms with van der Waals surface area (Å²) in [7, 11) is 1.60. The zero-order valence-corrected chi connectivity index (χ0v) is 7.22. The molecule has 1 aromatic rings. The molecule has 1 rings (SSSR count). The van der Waals surface area contributed by atoms with Gasteiger partial charge in [0.05, 0.1) is 0 Å². The third-order valence-electron chi connectivity index (χ3n) is 1.19. The summed E-state index contributed by atoms with van der Waals surface area (Å²) in [6.07, 6.45) is 1.48. The maximum Gasteiger partial charge on any atom is 0.283 e. The Hall–Kier alpha value is -1.13. The van der Waals surface area contributed by atoms with E-state index in [1.54, 1.807) is 13.1 Å². The van der Waals surface area contributed by atoms with Gasteiger partial charge in [0.25, 0.3) is 5.91 Å². The van der Waals surface area contributed by atoms with Crippen LogP contribution in [0.25, 0.3) is 0 Å². The number of hydrazine groups is 1. The van der Waals surface area contributed by atoms with Gasteiger partial charge in [-0.1, -0.05) is 11.6 Å². The van der Waals surface area contributed by atoms with Gasteiger partial charge in [0.1, 0.15) is 5.69 Å². The Bertz CT molecular complexity index is 290. The van der Waals surface area contributed by atoms with Crippen LogP contribution in [0.4, 0.5) is 0 Å². The number of nitrogens with zero attached hydrogens (tertiary/aromatic N) is 1. The lowest BCUT2D eigenvalue weighted by atomic mass is 10.3. The monoisotopic (exact) mass is 185 g/mol. The molecule has 0 bridgehead atoms. The minimum absolute atomic E-state index is 0.289. The first-order chi connectivity index (χ1) is 5.74. The minimum Gasteiger partial charge on any atom is -0.286 e. The number of hydrogen-bond donors (Lipinski definition) is 2. The molecule has 0 radical (unpaired) electrons. The average molecular weight is 186 g/mol. The molecule has 0 spiro atoms. The zero-order chi connectivity index (χ0) is 8.97. The van der Waals surface area contributed by atoms with E-state index in [1.165, 1.54) is 12.3 Å². The quantitative estimate of drug-likeness (QED) is 0.664. The Labute approximate surface area is 74.9 Å². The number of nitrogens with one attached hydrogen (secondary N) is 2. The fourth-order valence-electron chi connectivity index (χ4n) is 0.707. The highest BCUT2D eigenvalue weighted by Gasteiger charge is 2.04. The molecule has 64 valence electrons. The summed E-state index contributed by atoms with van der Waals surface area (Å²) in [6.45, 7) is 0. The molecular weight excluding hydrogens is 178 g/mol. The molecule has 1 amide bonds. The van der Waals surface area contributed by atoms with Gasteiger partial charge in [0.15, 0.2) is 0 Å². The van der Waals surface area contributed by atoms with E-state index in [0.29, 0.717) is 5.02 Å². The largest absolute Gasteiger partial charge is 0.286 e. The summed E-state index contributed by atoms with van der Waals surface area (Å²) >= 11 is 5.65. The number of carbonyl (C=O) groups is 1. The van der Waals surface area contributed by atoms with Gasteiger partial charge in [-0.25, -0.2) is 5.43 Å². The predicted octanol–water partition coefficient (Wildman–Crippen LogP) is 0.599. The van der Waals surface area contributed by atoms with E-state index in [4.69, 9.17) is 11.6 Å². The van der Waals surface area contributed by atoms with Crippen molar-refractivity contribution in [3.63, 3.8) is 0 Å². The standard InChI is InChI=1S/C7H8ClN3O/c1-9-11-7(12)6-4-5(8)2-3-10-6/h2-4,9H,1H3,(H,11,12). The second kappa shape index (κ2) is 4.04. The Morgan fingerprint density at radius 1 is 1.67 bits per heavy atom. The van der Waals surface area contributed by atoms with Crippen LogP contribution >= 0.6 is 11.6 Å². The maximum atomic E-state index is 11.1. The number of rotatable bonds is 2. The molecule has 0 aliphatic rings. The Morgan fingerprint density at radius 2 is 2.42 bits per heavy atom. The van der Waals surface area contributed by atoms with Gasteiger partial charge in [0.2, 0.25) is 0 Å². The van der Waals surface area contributed by atoms with Crippen LogP contribution < -0.4 is 10.9 Å². The lowest BCUT2D eigenvalue weighted by Crippen LogP contribution is -2.34. The first-order valence-corrected chi connectivity index (χ1v) is 3.70. The van der Waals surface area contributed by atoms with Crippen molar-refractivity contribution in [2.75, 3.05) is 7.05 Å². The lowest BCUT2D eigenvalue weighted by Gasteiger charge is -2.01. The Balaban J connectivity index is 2.81. The maximum absolute atomic E-state index is 11.1. The second-order valence-electron chi connectivity index (χ2n) is 2.06. The molecule has 4 nitrogen and oxygen atoms in total. The summed E-state index contributed by atoms with van der Waals surface area (Å²) < 4.78 is 0. The van der Waals surface area contributed by atoms with Gasteiger partial charge in [0, 0.05) is 18.3 Å². The third-order valence-corrected chi connectivity index (χ3v) is 1.43. The van der Waals surface area contributed by atoms with Crippen LogP contribution in [-0.2, 0) is 0 Å². The van der Waals surface area contributed by atoms with Gasteiger partial charge >= 0.3 is 0 Å². The Kier molecular flexibility index (Phi) is 3.01. The number of aromatic nitrogens is 1. The van der Waals surface area contributed by atoms with Crippen molar-refractivity contribution in [3.8, 4) is 0 Å². The summed E-state index contributed by atoms with van der Waals surface area (Å²) in [6, 6.07) is 3.10. The predicted molar refractivity (Wildman–Crippen MR) is 45.8 cm³/mol. The molecule has 0 fully saturated rings. The number of carbonyl (C=O) groups excluding carboxylic acids is 1. The molecular formula is C7H8ClN3O. The number of halogens is 1. The van der Waals surface area contributed by atoms with Gasteiger partial charge in [-0.3, -0.25) is 15.2 Å². The summed E-state index contributed by atoms with van der Waals surface area (Å²) in [4.78, 5) is 14.9. The van der Waals surface area contributed by atoms with E-state index < -0.39 is 0 Å². The molecule has 0 aliphatic heterocycles. The summed E-state index contributed by atoms with van der Waals surface area (Å²) in [5.74, 6) is -0.306. The summed E-state index contributed by atoms with van der Waals surface area (Å²) in [5, 5.41) is 0.492. The van der Waals surface area contributed by atoms with Crippen molar-refractivity contribution in [2.24, 2.45) is 0 Å². The van der Waals surface area contributed by atoms with Crippen LogP contribution in [0.2, 0.25) is 5.02 Å². The van der Waals surface area contributed by atoms with Gasteiger partial charge in [-0.2, -0.15) is 0 Å². The Morgan fingerprint density at radius 3 is 3.00 bits per heavy atom. The third kappa shape index (κ3) is 2.18. The van der Waals surface area contributed by atoms with Crippen molar-refractivity contribution < 1.29 is 4.79 Å². The lowest BCUT2D eigenvalue weighted by molar-refractivity contribution is 0.0933. The molecule has 0 saturated heterocycles. The second-order valence-corrected chi connectivity index (χ2v) is 2.50. The van der Waals surface area contributed by atoms with Crippen LogP contribution in [0.1, 0.15) is 10.5 Å². The first-order valence-electron chi connectivity index (χ1n) is 3.32. The highest BCUT2D eigenvalue weighted by atomic mass is 35.5. The van der Waals surface area contributed by atoms with Gasteiger partial charge < -0.3 is 0 Å². The molecule has 5 heteroatoms. The normalized spacial score (nSPS) is 9.50. The number of amides is 1. The molecule has 1 heterocycles. The highest BCUT2D eigenvalue weighted by Crippen LogP contribution is 2.07. The topological polar surface area (TPSA) is 54.0 Å². The van der Waals surface area contributed by atoms with Crippen molar-refractivity contribution in [2.45, 2.75) is 0 Å². The van der Waals surface area contributed by atoms with Crippen molar-refractivity contribution in [1.29, 1.82) is 0 Å². The smallest absolute Gasteiger partial charge is 0.283 e. The summed E-state index contributed by atoms with van der Waals surface area (Å²) in [5.41, 5.74) is 5.17. The molecule has 2 N–H and O–H groups in total. The van der Waals surface area contributed by atoms with Crippen LogP contribution in [0.3, 0.4) is 0 Å². The van der Waals surface area contributed by atoms with Gasteiger partial charge in [-0.15, -0.1) is 0 Å². The van der Waals surface area contributed by atoms with Crippen LogP contribution in [0, 0.1) is 0 Å². The van der Waals surface area contributed by atoms with Gasteiger partial charge in [-0.05, 0) is 12.1 Å². The van der Waals surface area contributed by atoms with E-state index in [2.05, 4.69) is 15.8 Å². The molecule has 1 aromatic heterocycles. The van der Waals surface area contributed by atoms with E-state index >= 15 is 0 Å². The fourth-order valence-corrected chi connectivity index (χ4v) is 0.866. The number of pyridine rings is 1. The first kappa shape index (κ1) is 8.96. The fraction of sp³-hybridized carbons (Fsp3) is 0.143. The molecule has 0 aromatic carbocycles. The minimum atomic E-state index is -0.306. The molecule has 0 atom stereocenters. The van der Waals surface area contributed by atoms with E-state index in [9.17, 15) is 4.79 Å². The van der Waals surface area contributed by atoms with Crippen molar-refractivity contribution >= 4 is 17.5 Å². The zero-order valence-electron chi connectivity index (χ0n) is 6.47. The highest BCUT2D eigenvalue weighted by molar-refractivity contribution is 6.30. The van der Waals surface area contributed by atoms with Crippen molar-refractivity contribution in [3.05, 3.63) is 29.0 Å². The van der Waals surface area contributed by atoms with Crippen molar-refractivity contribution in [1.82, 2.24) is 15.8 Å². The SMILES string of the molecule is CNNC(=O)c1cc(Cl)ccn1. The van der Waals surface area contributed by atoms with E-state index in [1.807, 2.05) is 0 Å². The molecule has 0 unspecified atom stereocenters. The van der Waals surface area contributed by atoms with E-state index in [0.717, 1.165) is 0 Å². The van der Waals surface area contributed by atoms with Crippen LogP contribution in [-0.4, -0.2) is 17.9 Å². The number of hydrogen-bond acceptors (Lipinski definition) is 3. The van der Waals surface area contributed by atoms with Crippen LogP contribution in [0.5, 0.6) is 0 Å². The van der Waals surface area contributed by atoms with E-state index in [-0.39, 0.29) is 11.6 Å². The van der Waals surface area contributed by atoms with Crippen LogP contribution in [0.15, 0.2) is 18.3 Å². The molecule has 12 heavy (non-hydrogen) atoms. The molecule has 0 aliphatic carbocycles. The molecule has 0 saturated carbocycles.